The molecule has 2 bridgehead atoms. The minimum atomic E-state index is -1.37. The molecule has 436 valence electrons. The number of hydrogen-bond acceptors (Lipinski definition) is 11. The maximum absolute atomic E-state index is 15.8. The van der Waals surface area contributed by atoms with Gasteiger partial charge in [-0.3, -0.25) is 4.79 Å². The Bertz CT molecular complexity index is 3640. The highest BCUT2D eigenvalue weighted by atomic mass is 16.6. The molecule has 0 amide bonds. The molecule has 8 aliphatic rings. The van der Waals surface area contributed by atoms with Gasteiger partial charge in [0, 0.05) is 65.7 Å². The van der Waals surface area contributed by atoms with Gasteiger partial charge in [-0.05, 0) is 170 Å². The molecule has 14 rings (SSSR count). The zero-order valence-electron chi connectivity index (χ0n) is 48.6. The van der Waals surface area contributed by atoms with E-state index in [0.717, 1.165) is 29.5 Å². The van der Waals surface area contributed by atoms with E-state index in [9.17, 15) is 20.1 Å². The van der Waals surface area contributed by atoms with Crippen LogP contribution in [0, 0.1) is 23.7 Å². The van der Waals surface area contributed by atoms with Crippen LogP contribution in [0.4, 0.5) is 0 Å². The summed E-state index contributed by atoms with van der Waals surface area (Å²) in [6.45, 7) is 2.62. The molecule has 5 aromatic carbocycles. The van der Waals surface area contributed by atoms with E-state index in [0.29, 0.717) is 59.4 Å². The molecule has 11 nitrogen and oxygen atoms in total. The second-order valence-corrected chi connectivity index (χ2v) is 25.5. The molecule has 0 radical (unpaired) electrons. The van der Waals surface area contributed by atoms with Gasteiger partial charge in [0.05, 0.1) is 25.4 Å². The summed E-state index contributed by atoms with van der Waals surface area (Å²) in [5, 5.41) is 32.5. The number of ether oxygens (including phenoxy) is 4. The standard InChI is InChI=1S/C73H78O11/c1-43(40-75)56-28-20-44-18-21-46(22-19-44)57-29-26-49(48-13-10-15-54(36-48)73-33-9-8-14-53(73)27-25-47-12-5-7-17-62(47)73)35-52(57)38-64(77)81-68-66-63(31-30-59-61(41-76)65(71(79)82-67(59)66)51(32-34-74)42-80-3)84-72(2,69(68)83-70(56)78)55-37-50-24-23-45-11-4-6-16-58(45)60(50)39-55/h4-7,10-13,15-19,21-24,26,29-31,36,49-53,55,57,60,68-69,74-76H,8-9,14,20,25,27-28,32-35,37-42H2,1-3H3. The minimum Gasteiger partial charge on any atom is -0.483 e. The van der Waals surface area contributed by atoms with Gasteiger partial charge < -0.3 is 38.7 Å². The van der Waals surface area contributed by atoms with Gasteiger partial charge in [0.15, 0.2) is 12.2 Å². The van der Waals surface area contributed by atoms with E-state index in [-0.39, 0.29) is 96.7 Å². The number of allylic oxidation sites excluding steroid dienone is 3. The summed E-state index contributed by atoms with van der Waals surface area (Å²) in [4.78, 5) is 45.8. The number of methoxy groups -OCH3 is 1. The van der Waals surface area contributed by atoms with E-state index in [1.54, 1.807) is 19.1 Å². The van der Waals surface area contributed by atoms with Crippen molar-refractivity contribution in [2.24, 2.45) is 23.7 Å². The molecular formula is C73H78O11. The monoisotopic (exact) mass is 1130 g/mol. The predicted molar refractivity (Wildman–Crippen MR) is 323 cm³/mol. The van der Waals surface area contributed by atoms with Crippen molar-refractivity contribution in [3.63, 3.8) is 0 Å². The maximum atomic E-state index is 15.8. The summed E-state index contributed by atoms with van der Waals surface area (Å²) in [5.74, 6) is -1.21. The summed E-state index contributed by atoms with van der Waals surface area (Å²) in [6, 6.07) is 38.9. The first-order chi connectivity index (χ1) is 40.9. The van der Waals surface area contributed by atoms with E-state index >= 15 is 9.59 Å². The third-order valence-electron chi connectivity index (χ3n) is 21.2. The minimum absolute atomic E-state index is 0.00378. The van der Waals surface area contributed by atoms with Crippen LogP contribution in [0.5, 0.6) is 5.75 Å². The van der Waals surface area contributed by atoms with Crippen molar-refractivity contribution in [1.29, 1.82) is 0 Å². The molecule has 2 fully saturated rings. The Balaban J connectivity index is 0.943. The van der Waals surface area contributed by atoms with E-state index in [1.165, 1.54) is 60.6 Å². The summed E-state index contributed by atoms with van der Waals surface area (Å²) in [7, 11) is 1.51. The zero-order chi connectivity index (χ0) is 57.9. The molecule has 12 unspecified atom stereocenters. The van der Waals surface area contributed by atoms with E-state index in [1.807, 2.05) is 13.0 Å². The molecule has 0 spiro atoms. The number of esters is 2. The Hall–Kier alpha value is -6.89. The Morgan fingerprint density at radius 2 is 1.63 bits per heavy atom. The van der Waals surface area contributed by atoms with Gasteiger partial charge in [-0.25, -0.2) is 9.59 Å². The van der Waals surface area contributed by atoms with Crippen molar-refractivity contribution < 1.29 is 48.3 Å². The Morgan fingerprint density at radius 1 is 0.798 bits per heavy atom. The number of carbonyl (C=O) groups is 2. The average molecular weight is 1130 g/mol. The van der Waals surface area contributed by atoms with Gasteiger partial charge in [0.25, 0.3) is 0 Å². The maximum Gasteiger partial charge on any atom is 0.340 e. The molecule has 84 heavy (non-hydrogen) atoms. The van der Waals surface area contributed by atoms with Crippen LogP contribution in [0.2, 0.25) is 0 Å². The van der Waals surface area contributed by atoms with Crippen LogP contribution < -0.4 is 10.4 Å². The van der Waals surface area contributed by atoms with Gasteiger partial charge in [0.2, 0.25) is 0 Å². The molecule has 3 aliphatic heterocycles. The molecular weight excluding hydrogens is 1050 g/mol. The number of rotatable bonds is 10. The van der Waals surface area contributed by atoms with Crippen LogP contribution in [0.15, 0.2) is 148 Å². The smallest absolute Gasteiger partial charge is 0.340 e. The normalized spacial score (nSPS) is 29.9. The molecule has 0 saturated heterocycles. The zero-order valence-corrected chi connectivity index (χ0v) is 48.6. The van der Waals surface area contributed by atoms with Crippen molar-refractivity contribution >= 4 is 29.0 Å². The summed E-state index contributed by atoms with van der Waals surface area (Å²) in [5.41, 5.74) is 9.44. The van der Waals surface area contributed by atoms with Gasteiger partial charge in [-0.1, -0.05) is 134 Å². The van der Waals surface area contributed by atoms with Crippen molar-refractivity contribution in [3.05, 3.63) is 210 Å². The van der Waals surface area contributed by atoms with Crippen molar-refractivity contribution in [3.8, 4) is 5.75 Å². The van der Waals surface area contributed by atoms with Gasteiger partial charge in [-0.15, -0.1) is 0 Å². The van der Waals surface area contributed by atoms with Crippen LogP contribution in [0.25, 0.3) is 17.0 Å². The number of benzene rings is 5. The molecule has 3 N–H and O–H groups in total. The van der Waals surface area contributed by atoms with Crippen molar-refractivity contribution in [2.45, 2.75) is 151 Å². The molecule has 1 aromatic heterocycles. The largest absolute Gasteiger partial charge is 0.483 e. The van der Waals surface area contributed by atoms with Gasteiger partial charge in [-0.2, -0.15) is 0 Å². The van der Waals surface area contributed by atoms with Gasteiger partial charge >= 0.3 is 17.6 Å². The molecule has 5 aliphatic carbocycles. The van der Waals surface area contributed by atoms with E-state index < -0.39 is 47.9 Å². The number of aliphatic hydroxyl groups is 3. The van der Waals surface area contributed by atoms with E-state index in [4.69, 9.17) is 23.4 Å². The highest BCUT2D eigenvalue weighted by Gasteiger charge is 2.59. The fraction of sp³-hybridized carbons (Fsp3) is 0.438. The number of aryl methyl sites for hydroxylation is 2. The van der Waals surface area contributed by atoms with Crippen molar-refractivity contribution in [1.82, 2.24) is 0 Å². The van der Waals surface area contributed by atoms with Gasteiger partial charge in [0.1, 0.15) is 16.9 Å². The quantitative estimate of drug-likeness (QED) is 0.0518. The number of hydrogen-bond donors (Lipinski definition) is 3. The second kappa shape index (κ2) is 23.2. The lowest BCUT2D eigenvalue weighted by atomic mass is 9.54. The first-order valence-corrected chi connectivity index (χ1v) is 30.9. The lowest BCUT2D eigenvalue weighted by Gasteiger charge is -2.49. The Labute approximate surface area is 492 Å². The molecule has 4 heterocycles. The first-order valence-electron chi connectivity index (χ1n) is 30.9. The third kappa shape index (κ3) is 9.81. The van der Waals surface area contributed by atoms with Crippen LogP contribution in [-0.4, -0.2) is 65.9 Å². The predicted octanol–water partition coefficient (Wildman–Crippen LogP) is 13.1. The summed E-state index contributed by atoms with van der Waals surface area (Å²) >= 11 is 0. The molecule has 2 saturated carbocycles. The van der Waals surface area contributed by atoms with Crippen LogP contribution in [0.3, 0.4) is 0 Å². The fourth-order valence-corrected chi connectivity index (χ4v) is 16.9. The lowest BCUT2D eigenvalue weighted by Crippen LogP contribution is -2.58. The fourth-order valence-electron chi connectivity index (χ4n) is 16.9. The number of fused-ring (bicyclic) bond motifs is 17. The third-order valence-corrected chi connectivity index (χ3v) is 21.2. The number of aliphatic hydroxyl groups excluding tert-OH is 3. The topological polar surface area (TPSA) is 162 Å². The summed E-state index contributed by atoms with van der Waals surface area (Å²) < 4.78 is 33.4. The van der Waals surface area contributed by atoms with Crippen LogP contribution in [-0.2, 0) is 48.7 Å². The summed E-state index contributed by atoms with van der Waals surface area (Å²) in [6.07, 6.45) is 16.5. The molecule has 6 aromatic rings. The first kappa shape index (κ1) is 56.3. The molecule has 11 heteroatoms. The lowest BCUT2D eigenvalue weighted by molar-refractivity contribution is -0.199. The highest BCUT2D eigenvalue weighted by molar-refractivity contribution is 5.90. The van der Waals surface area contributed by atoms with Crippen LogP contribution in [0.1, 0.15) is 175 Å². The van der Waals surface area contributed by atoms with Crippen LogP contribution >= 0.6 is 0 Å². The second-order valence-electron chi connectivity index (χ2n) is 25.5. The SMILES string of the molecule is COCC(CCO)c1c(CO)c2ccc3c(c2oc1=O)C1OC(=O)CC2CC(c4cccc(C56CCCCC5CCc5ccccc56)c4)C=CC2c2ccc(cc2)CCC(=C(C)CO)C(=O)OC1C(C)(C1CC2C=Cc4ccccc4C2C1)O3. The average Bonchev–Trinajstić information content (AvgIpc) is 1.68. The highest BCUT2D eigenvalue weighted by Crippen LogP contribution is 2.59. The number of carbonyl (C=O) groups excluding carboxylic acids is 2. The Morgan fingerprint density at radius 3 is 2.45 bits per heavy atom. The Kier molecular flexibility index (Phi) is 15.5. The van der Waals surface area contributed by atoms with E-state index in [2.05, 4.69) is 115 Å². The van der Waals surface area contributed by atoms with Crippen molar-refractivity contribution in [2.75, 3.05) is 26.9 Å². The molecule has 12 atom stereocenters.